The van der Waals surface area contributed by atoms with Gasteiger partial charge in [0.25, 0.3) is 5.91 Å². The molecule has 2 fully saturated rings. The Bertz CT molecular complexity index is 548. The number of benzene rings is 1. The Balaban J connectivity index is 1.63. The van der Waals surface area contributed by atoms with E-state index < -0.39 is 11.4 Å². The van der Waals surface area contributed by atoms with Gasteiger partial charge in [-0.05, 0) is 18.6 Å². The molecule has 1 atom stereocenters. The topological polar surface area (TPSA) is 53.0 Å². The number of likely N-dealkylation sites (tertiary alicyclic amines) is 1. The van der Waals surface area contributed by atoms with Crippen LogP contribution in [-0.4, -0.2) is 72.4 Å². The quantitative estimate of drug-likeness (QED) is 0.895. The van der Waals surface area contributed by atoms with Crippen LogP contribution in [0.3, 0.4) is 0 Å². The molecule has 0 saturated carbocycles. The minimum atomic E-state index is -0.918. The highest BCUT2D eigenvalue weighted by Gasteiger charge is 2.40. The minimum Gasteiger partial charge on any atom is -0.387 e. The van der Waals surface area contributed by atoms with Crippen molar-refractivity contribution < 1.29 is 19.0 Å². The summed E-state index contributed by atoms with van der Waals surface area (Å²) >= 11 is 0. The fourth-order valence-corrected chi connectivity index (χ4v) is 3.14. The lowest BCUT2D eigenvalue weighted by Crippen LogP contribution is -2.49. The van der Waals surface area contributed by atoms with Gasteiger partial charge in [-0.2, -0.15) is 0 Å². The van der Waals surface area contributed by atoms with Crippen molar-refractivity contribution in [2.45, 2.75) is 12.0 Å². The van der Waals surface area contributed by atoms with Crippen LogP contribution in [0.5, 0.6) is 0 Å². The number of morpholine rings is 1. The molecule has 3 rings (SSSR count). The van der Waals surface area contributed by atoms with Crippen molar-refractivity contribution in [3.63, 3.8) is 0 Å². The molecule has 0 aromatic heterocycles. The predicted octanol–water partition coefficient (Wildman–Crippen LogP) is 0.735. The van der Waals surface area contributed by atoms with Gasteiger partial charge >= 0.3 is 0 Å². The Morgan fingerprint density at radius 3 is 2.73 bits per heavy atom. The second-order valence-electron chi connectivity index (χ2n) is 6.07. The van der Waals surface area contributed by atoms with E-state index in [1.54, 1.807) is 17.0 Å². The average molecular weight is 308 g/mol. The fraction of sp³-hybridized carbons (Fsp3) is 0.562. The van der Waals surface area contributed by atoms with E-state index in [-0.39, 0.29) is 18.0 Å². The number of ether oxygens (including phenoxy) is 1. The number of hydrogen-bond acceptors (Lipinski definition) is 4. The van der Waals surface area contributed by atoms with Gasteiger partial charge in [0.1, 0.15) is 5.82 Å². The Hall–Kier alpha value is -1.50. The van der Waals surface area contributed by atoms with E-state index in [0.29, 0.717) is 32.7 Å². The van der Waals surface area contributed by atoms with Gasteiger partial charge in [0.2, 0.25) is 0 Å². The zero-order chi connectivity index (χ0) is 15.6. The summed E-state index contributed by atoms with van der Waals surface area (Å²) in [5.41, 5.74) is -0.851. The second kappa shape index (κ2) is 6.32. The molecule has 2 saturated heterocycles. The van der Waals surface area contributed by atoms with Crippen LogP contribution in [-0.2, 0) is 4.74 Å². The molecule has 1 aromatic rings. The summed E-state index contributed by atoms with van der Waals surface area (Å²) < 4.78 is 19.0. The van der Waals surface area contributed by atoms with Crippen molar-refractivity contribution in [3.05, 3.63) is 35.6 Å². The summed E-state index contributed by atoms with van der Waals surface area (Å²) in [7, 11) is 0. The maximum Gasteiger partial charge on any atom is 0.256 e. The number of halogens is 1. The van der Waals surface area contributed by atoms with Crippen molar-refractivity contribution in [2.75, 3.05) is 45.9 Å². The van der Waals surface area contributed by atoms with Crippen molar-refractivity contribution in [1.82, 2.24) is 9.80 Å². The molecule has 1 aromatic carbocycles. The molecule has 2 aliphatic heterocycles. The third-order valence-corrected chi connectivity index (χ3v) is 4.35. The van der Waals surface area contributed by atoms with E-state index in [0.717, 1.165) is 13.1 Å². The van der Waals surface area contributed by atoms with Gasteiger partial charge in [0, 0.05) is 26.2 Å². The third kappa shape index (κ3) is 3.29. The third-order valence-electron chi connectivity index (χ3n) is 4.35. The van der Waals surface area contributed by atoms with E-state index in [1.165, 1.54) is 12.1 Å². The Kier molecular flexibility index (Phi) is 4.42. The lowest BCUT2D eigenvalue weighted by atomic mass is 10.0. The number of nitrogens with zero attached hydrogens (tertiary/aromatic N) is 2. The van der Waals surface area contributed by atoms with Crippen molar-refractivity contribution in [3.8, 4) is 0 Å². The number of amides is 1. The van der Waals surface area contributed by atoms with Crippen LogP contribution in [0.4, 0.5) is 4.39 Å². The predicted molar refractivity (Wildman–Crippen MR) is 79.1 cm³/mol. The highest BCUT2D eigenvalue weighted by molar-refractivity contribution is 5.94. The lowest BCUT2D eigenvalue weighted by molar-refractivity contribution is -0.0257. The summed E-state index contributed by atoms with van der Waals surface area (Å²) in [6.45, 7) is 4.16. The first-order valence-electron chi connectivity index (χ1n) is 7.64. The van der Waals surface area contributed by atoms with Gasteiger partial charge in [0.15, 0.2) is 0 Å². The zero-order valence-electron chi connectivity index (χ0n) is 12.5. The lowest BCUT2D eigenvalue weighted by Gasteiger charge is -2.33. The van der Waals surface area contributed by atoms with Crippen molar-refractivity contribution in [2.24, 2.45) is 0 Å². The summed E-state index contributed by atoms with van der Waals surface area (Å²) in [5.74, 6) is -0.868. The molecule has 0 unspecified atom stereocenters. The zero-order valence-corrected chi connectivity index (χ0v) is 12.5. The highest BCUT2D eigenvalue weighted by Crippen LogP contribution is 2.25. The molecule has 5 nitrogen and oxygen atoms in total. The molecule has 0 spiro atoms. The van der Waals surface area contributed by atoms with Crippen molar-refractivity contribution >= 4 is 5.91 Å². The summed E-state index contributed by atoms with van der Waals surface area (Å²) in [5, 5.41) is 10.7. The standard InChI is InChI=1S/C16H21FN2O3/c17-14-4-2-1-3-13(14)15(20)19-6-5-16(21,12-19)11-18-7-9-22-10-8-18/h1-4,21H,5-12H2/t16-/m1/s1. The normalized spacial score (nSPS) is 26.4. The Morgan fingerprint density at radius 2 is 2.00 bits per heavy atom. The molecular weight excluding hydrogens is 287 g/mol. The van der Waals surface area contributed by atoms with Crippen LogP contribution in [0.15, 0.2) is 24.3 Å². The van der Waals surface area contributed by atoms with Gasteiger partial charge in [-0.1, -0.05) is 12.1 Å². The van der Waals surface area contributed by atoms with E-state index in [4.69, 9.17) is 4.74 Å². The van der Waals surface area contributed by atoms with Gasteiger partial charge < -0.3 is 14.7 Å². The van der Waals surface area contributed by atoms with Crippen LogP contribution in [0, 0.1) is 5.82 Å². The first-order chi connectivity index (χ1) is 10.6. The molecular formula is C16H21FN2O3. The van der Waals surface area contributed by atoms with E-state index in [2.05, 4.69) is 4.90 Å². The number of rotatable bonds is 3. The van der Waals surface area contributed by atoms with Crippen molar-refractivity contribution in [1.29, 1.82) is 0 Å². The first kappa shape index (κ1) is 15.4. The number of carbonyl (C=O) groups excluding carboxylic acids is 1. The number of hydrogen-bond donors (Lipinski definition) is 1. The number of aliphatic hydroxyl groups is 1. The molecule has 2 heterocycles. The largest absolute Gasteiger partial charge is 0.387 e. The molecule has 0 aliphatic carbocycles. The second-order valence-corrected chi connectivity index (χ2v) is 6.07. The molecule has 1 N–H and O–H groups in total. The maximum absolute atomic E-state index is 13.7. The summed E-state index contributed by atoms with van der Waals surface area (Å²) in [6, 6.07) is 5.97. The first-order valence-corrected chi connectivity index (χ1v) is 7.64. The van der Waals surface area contributed by atoms with Crippen LogP contribution in [0.25, 0.3) is 0 Å². The minimum absolute atomic E-state index is 0.0677. The number of β-amino-alcohol motifs (C(OH)–C–C–N with tert-alkyl or cyclic N) is 1. The maximum atomic E-state index is 13.7. The van der Waals surface area contributed by atoms with Crippen LogP contribution < -0.4 is 0 Å². The van der Waals surface area contributed by atoms with E-state index in [9.17, 15) is 14.3 Å². The van der Waals surface area contributed by atoms with E-state index in [1.807, 2.05) is 0 Å². The molecule has 22 heavy (non-hydrogen) atoms. The SMILES string of the molecule is O=C(c1ccccc1F)N1CC[C@@](O)(CN2CCOCC2)C1. The van der Waals surface area contributed by atoms with Gasteiger partial charge in [0.05, 0.1) is 30.9 Å². The smallest absolute Gasteiger partial charge is 0.256 e. The van der Waals surface area contributed by atoms with Gasteiger partial charge in [-0.15, -0.1) is 0 Å². The van der Waals surface area contributed by atoms with Crippen LogP contribution >= 0.6 is 0 Å². The Labute approximate surface area is 129 Å². The molecule has 6 heteroatoms. The van der Waals surface area contributed by atoms with Gasteiger partial charge in [-0.3, -0.25) is 9.69 Å². The van der Waals surface area contributed by atoms with Gasteiger partial charge in [-0.25, -0.2) is 4.39 Å². The molecule has 120 valence electrons. The summed E-state index contributed by atoms with van der Waals surface area (Å²) in [6.07, 6.45) is 0.518. The monoisotopic (exact) mass is 308 g/mol. The van der Waals surface area contributed by atoms with Crippen LogP contribution in [0.1, 0.15) is 16.8 Å². The van der Waals surface area contributed by atoms with Crippen LogP contribution in [0.2, 0.25) is 0 Å². The molecule has 0 bridgehead atoms. The summed E-state index contributed by atoms with van der Waals surface area (Å²) in [4.78, 5) is 16.1. The molecule has 2 aliphatic rings. The Morgan fingerprint density at radius 1 is 1.27 bits per heavy atom. The highest BCUT2D eigenvalue weighted by atomic mass is 19.1. The number of carbonyl (C=O) groups is 1. The fourth-order valence-electron chi connectivity index (χ4n) is 3.14. The van der Waals surface area contributed by atoms with E-state index >= 15 is 0 Å². The molecule has 1 amide bonds. The molecule has 0 radical (unpaired) electrons. The average Bonchev–Trinajstić information content (AvgIpc) is 2.90.